The maximum Gasteiger partial charge on any atom is 0.267 e. The summed E-state index contributed by atoms with van der Waals surface area (Å²) in [6.07, 6.45) is 0. The number of hydrogen-bond acceptors (Lipinski definition) is 4. The summed E-state index contributed by atoms with van der Waals surface area (Å²) in [6.45, 7) is 2.42. The molecule has 1 heterocycles. The molecular weight excluding hydrogens is 316 g/mol. The molecule has 5 nitrogen and oxygen atoms in total. The van der Waals surface area contributed by atoms with E-state index < -0.39 is 0 Å². The minimum absolute atomic E-state index is 0.120. The maximum atomic E-state index is 12.3. The molecule has 0 aliphatic rings. The van der Waals surface area contributed by atoms with Crippen molar-refractivity contribution in [3.63, 3.8) is 0 Å². The maximum absolute atomic E-state index is 12.3. The summed E-state index contributed by atoms with van der Waals surface area (Å²) in [7, 11) is 3.26. The van der Waals surface area contributed by atoms with Crippen molar-refractivity contribution < 1.29 is 9.47 Å². The molecule has 25 heavy (non-hydrogen) atoms. The van der Waals surface area contributed by atoms with Crippen LogP contribution in [0.4, 0.5) is 0 Å². The first-order chi connectivity index (χ1) is 12.2. The van der Waals surface area contributed by atoms with Gasteiger partial charge in [0, 0.05) is 23.7 Å². The van der Waals surface area contributed by atoms with Gasteiger partial charge in [-0.15, -0.1) is 0 Å². The highest BCUT2D eigenvalue weighted by atomic mass is 16.5. The standard InChI is InChI=1S/C20H20N2O3/c1-4-22-19(23)13-18(14-5-9-16(24-2)10-6-14)20(21-22)15-7-11-17(25-3)12-8-15/h5-13H,4H2,1-3H3. The zero-order valence-corrected chi connectivity index (χ0v) is 14.5. The zero-order chi connectivity index (χ0) is 17.8. The van der Waals surface area contributed by atoms with Crippen LogP contribution >= 0.6 is 0 Å². The Morgan fingerprint density at radius 3 is 1.88 bits per heavy atom. The molecule has 0 spiro atoms. The Labute approximate surface area is 146 Å². The second kappa shape index (κ2) is 7.21. The molecule has 1 aromatic heterocycles. The van der Waals surface area contributed by atoms with Gasteiger partial charge in [-0.3, -0.25) is 4.79 Å². The van der Waals surface area contributed by atoms with Gasteiger partial charge in [-0.25, -0.2) is 4.68 Å². The molecule has 0 unspecified atom stereocenters. The van der Waals surface area contributed by atoms with Gasteiger partial charge >= 0.3 is 0 Å². The van der Waals surface area contributed by atoms with E-state index >= 15 is 0 Å². The van der Waals surface area contributed by atoms with Crippen LogP contribution in [0.25, 0.3) is 22.4 Å². The summed E-state index contributed by atoms with van der Waals surface area (Å²) in [5, 5.41) is 4.57. The average molecular weight is 336 g/mol. The molecule has 0 atom stereocenters. The van der Waals surface area contributed by atoms with E-state index in [1.54, 1.807) is 20.3 Å². The van der Waals surface area contributed by atoms with E-state index in [1.165, 1.54) is 4.68 Å². The predicted octanol–water partition coefficient (Wildman–Crippen LogP) is 3.61. The molecule has 3 rings (SSSR count). The number of ether oxygens (including phenoxy) is 2. The average Bonchev–Trinajstić information content (AvgIpc) is 2.68. The lowest BCUT2D eigenvalue weighted by atomic mass is 10.00. The molecule has 0 bridgehead atoms. The van der Waals surface area contributed by atoms with Crippen molar-refractivity contribution in [2.45, 2.75) is 13.5 Å². The normalized spacial score (nSPS) is 10.5. The van der Waals surface area contributed by atoms with Crippen molar-refractivity contribution in [2.75, 3.05) is 14.2 Å². The molecule has 0 aliphatic heterocycles. The topological polar surface area (TPSA) is 53.4 Å². The van der Waals surface area contributed by atoms with Gasteiger partial charge in [0.15, 0.2) is 0 Å². The number of hydrogen-bond donors (Lipinski definition) is 0. The highest BCUT2D eigenvalue weighted by Gasteiger charge is 2.13. The monoisotopic (exact) mass is 336 g/mol. The minimum atomic E-state index is -0.120. The summed E-state index contributed by atoms with van der Waals surface area (Å²) in [4.78, 5) is 12.3. The smallest absolute Gasteiger partial charge is 0.267 e. The summed E-state index contributed by atoms with van der Waals surface area (Å²) in [5.74, 6) is 1.54. The zero-order valence-electron chi connectivity index (χ0n) is 14.5. The van der Waals surface area contributed by atoms with Crippen molar-refractivity contribution in [3.8, 4) is 33.9 Å². The summed E-state index contributed by atoms with van der Waals surface area (Å²) >= 11 is 0. The molecule has 0 fully saturated rings. The Morgan fingerprint density at radius 2 is 1.40 bits per heavy atom. The van der Waals surface area contributed by atoms with Crippen molar-refractivity contribution in [3.05, 3.63) is 65.0 Å². The Kier molecular flexibility index (Phi) is 4.84. The summed E-state index contributed by atoms with van der Waals surface area (Å²) in [6, 6.07) is 16.9. The molecule has 0 amide bonds. The van der Waals surface area contributed by atoms with Gasteiger partial charge < -0.3 is 9.47 Å². The largest absolute Gasteiger partial charge is 0.497 e. The van der Waals surface area contributed by atoms with E-state index in [2.05, 4.69) is 5.10 Å². The Balaban J connectivity index is 2.18. The molecule has 0 saturated carbocycles. The third-order valence-corrected chi connectivity index (χ3v) is 4.06. The van der Waals surface area contributed by atoms with Crippen molar-refractivity contribution in [2.24, 2.45) is 0 Å². The lowest BCUT2D eigenvalue weighted by Crippen LogP contribution is -2.22. The fourth-order valence-electron chi connectivity index (χ4n) is 2.67. The van der Waals surface area contributed by atoms with Crippen molar-refractivity contribution in [1.29, 1.82) is 0 Å². The number of methoxy groups -OCH3 is 2. The highest BCUT2D eigenvalue weighted by Crippen LogP contribution is 2.31. The first-order valence-corrected chi connectivity index (χ1v) is 8.07. The fourth-order valence-corrected chi connectivity index (χ4v) is 2.67. The van der Waals surface area contributed by atoms with E-state index in [0.29, 0.717) is 6.54 Å². The Hall–Kier alpha value is -3.08. The van der Waals surface area contributed by atoms with Gasteiger partial charge in [-0.05, 0) is 48.9 Å². The fraction of sp³-hybridized carbons (Fsp3) is 0.200. The SMILES string of the molecule is CCn1nc(-c2ccc(OC)cc2)c(-c2ccc(OC)cc2)cc1=O. The number of aryl methyl sites for hydroxylation is 1. The molecule has 0 radical (unpaired) electrons. The minimum Gasteiger partial charge on any atom is -0.497 e. The van der Waals surface area contributed by atoms with Crippen LogP contribution in [0.5, 0.6) is 11.5 Å². The van der Waals surface area contributed by atoms with Gasteiger partial charge in [0.05, 0.1) is 19.9 Å². The van der Waals surface area contributed by atoms with Crippen LogP contribution in [0.1, 0.15) is 6.92 Å². The molecule has 0 aliphatic carbocycles. The quantitative estimate of drug-likeness (QED) is 0.714. The van der Waals surface area contributed by atoms with Crippen LogP contribution in [0.2, 0.25) is 0 Å². The van der Waals surface area contributed by atoms with Gasteiger partial charge in [0.25, 0.3) is 5.56 Å². The number of nitrogens with zero attached hydrogens (tertiary/aromatic N) is 2. The van der Waals surface area contributed by atoms with Crippen LogP contribution in [-0.2, 0) is 6.54 Å². The van der Waals surface area contributed by atoms with Crippen LogP contribution in [-0.4, -0.2) is 24.0 Å². The molecular formula is C20H20N2O3. The lowest BCUT2D eigenvalue weighted by molar-refractivity contribution is 0.414. The third-order valence-electron chi connectivity index (χ3n) is 4.06. The number of rotatable bonds is 5. The summed E-state index contributed by atoms with van der Waals surface area (Å²) < 4.78 is 11.9. The van der Waals surface area contributed by atoms with Gasteiger partial charge in [-0.2, -0.15) is 5.10 Å². The summed E-state index contributed by atoms with van der Waals surface area (Å²) in [5.41, 5.74) is 3.27. The van der Waals surface area contributed by atoms with E-state index in [0.717, 1.165) is 33.9 Å². The van der Waals surface area contributed by atoms with Crippen LogP contribution in [0, 0.1) is 0 Å². The van der Waals surface area contributed by atoms with Crippen molar-refractivity contribution >= 4 is 0 Å². The van der Waals surface area contributed by atoms with E-state index in [4.69, 9.17) is 9.47 Å². The Bertz CT molecular complexity index is 913. The second-order valence-corrected chi connectivity index (χ2v) is 5.52. The van der Waals surface area contributed by atoms with Gasteiger partial charge in [0.2, 0.25) is 0 Å². The first-order valence-electron chi connectivity index (χ1n) is 8.07. The van der Waals surface area contributed by atoms with Crippen molar-refractivity contribution in [1.82, 2.24) is 9.78 Å². The molecule has 128 valence electrons. The molecule has 0 saturated heterocycles. The van der Waals surface area contributed by atoms with E-state index in [1.807, 2.05) is 55.5 Å². The molecule has 5 heteroatoms. The van der Waals surface area contributed by atoms with Crippen LogP contribution in [0.15, 0.2) is 59.4 Å². The second-order valence-electron chi connectivity index (χ2n) is 5.52. The van der Waals surface area contributed by atoms with Gasteiger partial charge in [0.1, 0.15) is 11.5 Å². The predicted molar refractivity (Wildman–Crippen MR) is 98.1 cm³/mol. The Morgan fingerprint density at radius 1 is 0.880 bits per heavy atom. The molecule has 3 aromatic rings. The van der Waals surface area contributed by atoms with E-state index in [-0.39, 0.29) is 5.56 Å². The molecule has 0 N–H and O–H groups in total. The van der Waals surface area contributed by atoms with E-state index in [9.17, 15) is 4.79 Å². The number of benzene rings is 2. The highest BCUT2D eigenvalue weighted by molar-refractivity contribution is 5.80. The molecule has 2 aromatic carbocycles. The lowest BCUT2D eigenvalue weighted by Gasteiger charge is -2.12. The van der Waals surface area contributed by atoms with Gasteiger partial charge in [-0.1, -0.05) is 12.1 Å². The van der Waals surface area contributed by atoms with Crippen LogP contribution < -0.4 is 15.0 Å². The third kappa shape index (κ3) is 3.40. The number of aromatic nitrogens is 2. The first kappa shape index (κ1) is 16.8. The van der Waals surface area contributed by atoms with Crippen LogP contribution in [0.3, 0.4) is 0 Å².